The summed E-state index contributed by atoms with van der Waals surface area (Å²) in [4.78, 5) is 10.0. The summed E-state index contributed by atoms with van der Waals surface area (Å²) in [7, 11) is 0. The van der Waals surface area contributed by atoms with Gasteiger partial charge in [-0.3, -0.25) is 0 Å². The fourth-order valence-corrected chi connectivity index (χ4v) is 1.31. The normalized spacial score (nSPS) is 9.69. The zero-order chi connectivity index (χ0) is 9.84. The summed E-state index contributed by atoms with van der Waals surface area (Å²) in [5.74, 6) is -0.153. The Hall–Kier alpha value is -0.930. The molecule has 0 aromatic heterocycles. The molecule has 1 aromatic rings. The molecule has 2 N–H and O–H groups in total. The zero-order valence-electron chi connectivity index (χ0n) is 6.55. The molecular formula is C8H7Cl2NO2. The predicted molar refractivity (Wildman–Crippen MR) is 52.7 cm³/mol. The number of hydrogen-bond acceptors (Lipinski definition) is 3. The van der Waals surface area contributed by atoms with Gasteiger partial charge in [-0.25, -0.2) is 0 Å². The van der Waals surface area contributed by atoms with E-state index in [0.29, 0.717) is 12.0 Å². The molecule has 3 nitrogen and oxygen atoms in total. The number of aromatic hydroxyl groups is 1. The van der Waals surface area contributed by atoms with E-state index in [9.17, 15) is 9.90 Å². The average molecular weight is 220 g/mol. The molecule has 0 unspecified atom stereocenters. The predicted octanol–water partition coefficient (Wildman–Crippen LogP) is 2.31. The first-order valence-corrected chi connectivity index (χ1v) is 4.26. The summed E-state index contributed by atoms with van der Waals surface area (Å²) in [6, 6.07) is 2.98. The van der Waals surface area contributed by atoms with Crippen LogP contribution in [0.15, 0.2) is 12.1 Å². The molecule has 0 bridgehead atoms. The van der Waals surface area contributed by atoms with Crippen LogP contribution < -0.4 is 5.32 Å². The molecule has 1 aromatic carbocycles. The van der Waals surface area contributed by atoms with Gasteiger partial charge < -0.3 is 15.2 Å². The van der Waals surface area contributed by atoms with Gasteiger partial charge in [0.2, 0.25) is 0 Å². The molecule has 5 heteroatoms. The Morgan fingerprint density at radius 2 is 1.92 bits per heavy atom. The molecule has 0 aliphatic rings. The number of nitrogens with one attached hydrogen (secondary N) is 1. The molecule has 0 fully saturated rings. The molecule has 1 rings (SSSR count). The van der Waals surface area contributed by atoms with Gasteiger partial charge in [-0.05, 0) is 12.1 Å². The summed E-state index contributed by atoms with van der Waals surface area (Å²) >= 11 is 11.3. The van der Waals surface area contributed by atoms with Crippen LogP contribution in [-0.4, -0.2) is 17.9 Å². The van der Waals surface area contributed by atoms with Crippen LogP contribution in [-0.2, 0) is 4.79 Å². The first-order chi connectivity index (χ1) is 6.15. The number of anilines is 1. The maximum Gasteiger partial charge on any atom is 0.152 e. The fraction of sp³-hybridized carbons (Fsp3) is 0.125. The van der Waals surface area contributed by atoms with E-state index in [2.05, 4.69) is 5.32 Å². The highest BCUT2D eigenvalue weighted by Crippen LogP contribution is 2.34. The Morgan fingerprint density at radius 1 is 1.38 bits per heavy atom. The Morgan fingerprint density at radius 3 is 2.38 bits per heavy atom. The van der Waals surface area contributed by atoms with Gasteiger partial charge in [-0.15, -0.1) is 0 Å². The Balaban J connectivity index is 2.92. The topological polar surface area (TPSA) is 49.3 Å². The van der Waals surface area contributed by atoms with Gasteiger partial charge in [0.15, 0.2) is 5.75 Å². The number of phenolic OH excluding ortho intramolecular Hbond substituents is 1. The Kier molecular flexibility index (Phi) is 3.39. The Bertz CT molecular complexity index is 305. The van der Waals surface area contributed by atoms with E-state index < -0.39 is 0 Å². The number of benzene rings is 1. The van der Waals surface area contributed by atoms with Crippen LogP contribution in [0.2, 0.25) is 10.0 Å². The van der Waals surface area contributed by atoms with Gasteiger partial charge >= 0.3 is 0 Å². The number of rotatable bonds is 3. The third kappa shape index (κ3) is 2.50. The second-order valence-corrected chi connectivity index (χ2v) is 3.15. The fourth-order valence-electron chi connectivity index (χ4n) is 0.827. The van der Waals surface area contributed by atoms with Gasteiger partial charge in [-0.2, -0.15) is 0 Å². The summed E-state index contributed by atoms with van der Waals surface area (Å²) in [6.07, 6.45) is 0.717. The molecule has 0 aliphatic heterocycles. The molecule has 0 radical (unpaired) electrons. The summed E-state index contributed by atoms with van der Waals surface area (Å²) in [5.41, 5.74) is 0.597. The van der Waals surface area contributed by atoms with E-state index in [1.54, 1.807) is 0 Å². The summed E-state index contributed by atoms with van der Waals surface area (Å²) < 4.78 is 0. The lowest BCUT2D eigenvalue weighted by atomic mass is 10.3. The number of hydrogen-bond donors (Lipinski definition) is 2. The van der Waals surface area contributed by atoms with Crippen molar-refractivity contribution in [2.24, 2.45) is 0 Å². The van der Waals surface area contributed by atoms with Crippen molar-refractivity contribution in [2.45, 2.75) is 0 Å². The van der Waals surface area contributed by atoms with E-state index in [-0.39, 0.29) is 22.3 Å². The second kappa shape index (κ2) is 4.35. The smallest absolute Gasteiger partial charge is 0.152 e. The lowest BCUT2D eigenvalue weighted by molar-refractivity contribution is -0.106. The SMILES string of the molecule is O=CCNc1cc(Cl)c(O)c(Cl)c1. The molecule has 0 aliphatic carbocycles. The van der Waals surface area contributed by atoms with Gasteiger partial charge in [0.25, 0.3) is 0 Å². The van der Waals surface area contributed by atoms with Gasteiger partial charge in [0.1, 0.15) is 6.29 Å². The largest absolute Gasteiger partial charge is 0.505 e. The highest BCUT2D eigenvalue weighted by Gasteiger charge is 2.05. The molecule has 0 saturated heterocycles. The summed E-state index contributed by atoms with van der Waals surface area (Å²) in [5, 5.41) is 12.3. The lowest BCUT2D eigenvalue weighted by Crippen LogP contribution is -2.01. The minimum atomic E-state index is -0.153. The number of phenols is 1. The standard InChI is InChI=1S/C8H7Cl2NO2/c9-6-3-5(11-1-2-12)4-7(10)8(6)13/h2-4,11,13H,1H2. The molecule has 13 heavy (non-hydrogen) atoms. The number of aldehydes is 1. The van der Waals surface area contributed by atoms with Crippen LogP contribution in [0.4, 0.5) is 5.69 Å². The first-order valence-electron chi connectivity index (χ1n) is 3.50. The highest BCUT2D eigenvalue weighted by molar-refractivity contribution is 6.37. The first kappa shape index (κ1) is 10.2. The maximum absolute atomic E-state index is 10.0. The van der Waals surface area contributed by atoms with Crippen LogP contribution in [0, 0.1) is 0 Å². The van der Waals surface area contributed by atoms with Crippen LogP contribution in [0.5, 0.6) is 5.75 Å². The average Bonchev–Trinajstić information content (AvgIpc) is 2.10. The van der Waals surface area contributed by atoms with Crippen molar-refractivity contribution in [3.63, 3.8) is 0 Å². The molecule has 70 valence electrons. The molecule has 0 heterocycles. The van der Waals surface area contributed by atoms with E-state index >= 15 is 0 Å². The van der Waals surface area contributed by atoms with Crippen molar-refractivity contribution in [3.05, 3.63) is 22.2 Å². The van der Waals surface area contributed by atoms with E-state index in [1.807, 2.05) is 0 Å². The van der Waals surface area contributed by atoms with E-state index in [4.69, 9.17) is 23.2 Å². The number of carbonyl (C=O) groups excluding carboxylic acids is 1. The second-order valence-electron chi connectivity index (χ2n) is 2.34. The number of carbonyl (C=O) groups is 1. The van der Waals surface area contributed by atoms with Gasteiger partial charge in [-0.1, -0.05) is 23.2 Å². The minimum Gasteiger partial charge on any atom is -0.505 e. The number of halogens is 2. The van der Waals surface area contributed by atoms with Crippen LogP contribution >= 0.6 is 23.2 Å². The van der Waals surface area contributed by atoms with E-state index in [0.717, 1.165) is 0 Å². The van der Waals surface area contributed by atoms with Crippen molar-refractivity contribution >= 4 is 35.2 Å². The van der Waals surface area contributed by atoms with Crippen molar-refractivity contribution in [1.82, 2.24) is 0 Å². The molecule has 0 atom stereocenters. The third-order valence-corrected chi connectivity index (χ3v) is 1.98. The monoisotopic (exact) mass is 219 g/mol. The third-order valence-electron chi connectivity index (χ3n) is 1.41. The van der Waals surface area contributed by atoms with Crippen molar-refractivity contribution in [1.29, 1.82) is 0 Å². The van der Waals surface area contributed by atoms with Crippen molar-refractivity contribution < 1.29 is 9.90 Å². The Labute approximate surface area is 85.3 Å². The van der Waals surface area contributed by atoms with Crippen LogP contribution in [0.3, 0.4) is 0 Å². The van der Waals surface area contributed by atoms with Crippen LogP contribution in [0.1, 0.15) is 0 Å². The maximum atomic E-state index is 10.0. The molecule has 0 spiro atoms. The molecular weight excluding hydrogens is 213 g/mol. The highest BCUT2D eigenvalue weighted by atomic mass is 35.5. The molecule has 0 saturated carbocycles. The quantitative estimate of drug-likeness (QED) is 0.606. The van der Waals surface area contributed by atoms with Crippen molar-refractivity contribution in [2.75, 3.05) is 11.9 Å². The molecule has 0 amide bonds. The van der Waals surface area contributed by atoms with E-state index in [1.165, 1.54) is 12.1 Å². The minimum absolute atomic E-state index is 0.153. The van der Waals surface area contributed by atoms with Gasteiger partial charge in [0.05, 0.1) is 16.6 Å². The lowest BCUT2D eigenvalue weighted by Gasteiger charge is -2.05. The van der Waals surface area contributed by atoms with Crippen LogP contribution in [0.25, 0.3) is 0 Å². The summed E-state index contributed by atoms with van der Waals surface area (Å²) in [6.45, 7) is 0.178. The van der Waals surface area contributed by atoms with Gasteiger partial charge in [0, 0.05) is 5.69 Å². The van der Waals surface area contributed by atoms with Crippen molar-refractivity contribution in [3.8, 4) is 5.75 Å². The zero-order valence-corrected chi connectivity index (χ0v) is 8.06.